The highest BCUT2D eigenvalue weighted by Crippen LogP contribution is 2.37. The summed E-state index contributed by atoms with van der Waals surface area (Å²) in [5.74, 6) is -0.378. The van der Waals surface area contributed by atoms with E-state index in [2.05, 4.69) is 10.6 Å². The third-order valence-corrected chi connectivity index (χ3v) is 7.53. The van der Waals surface area contributed by atoms with Gasteiger partial charge in [0.05, 0.1) is 35.9 Å². The van der Waals surface area contributed by atoms with E-state index in [-0.39, 0.29) is 12.3 Å². The third-order valence-electron chi connectivity index (χ3n) is 5.76. The van der Waals surface area contributed by atoms with Gasteiger partial charge in [-0.15, -0.1) is 0 Å². The molecule has 0 spiro atoms. The molecule has 2 amide bonds. The number of morpholine rings is 1. The topological polar surface area (TPSA) is 91.0 Å². The fraction of sp³-hybridized carbons (Fsp3) is 0.409. The smallest absolute Gasteiger partial charge is 0.378 e. The fourth-order valence-corrected chi connectivity index (χ4v) is 5.49. The maximum Gasteiger partial charge on any atom is 0.418 e. The number of amides is 2. The number of carbonyl (C=O) groups excluding carboxylic acids is 1. The minimum atomic E-state index is -4.68. The summed E-state index contributed by atoms with van der Waals surface area (Å²) in [7, 11) is -3.70. The zero-order chi connectivity index (χ0) is 24.3. The van der Waals surface area contributed by atoms with Gasteiger partial charge in [0.15, 0.2) is 0 Å². The van der Waals surface area contributed by atoms with Crippen LogP contribution in [0, 0.1) is 0 Å². The summed E-state index contributed by atoms with van der Waals surface area (Å²) < 4.78 is 72.9. The first-order valence-corrected chi connectivity index (χ1v) is 12.4. The van der Waals surface area contributed by atoms with Crippen molar-refractivity contribution in [2.45, 2.75) is 12.6 Å². The Morgan fingerprint density at radius 2 is 1.79 bits per heavy atom. The van der Waals surface area contributed by atoms with Gasteiger partial charge in [-0.2, -0.15) is 13.2 Å². The van der Waals surface area contributed by atoms with Crippen LogP contribution in [0.2, 0.25) is 0 Å². The van der Waals surface area contributed by atoms with Crippen molar-refractivity contribution in [1.29, 1.82) is 0 Å². The number of nitrogens with zero attached hydrogens (tertiary/aromatic N) is 2. The number of hydrogen-bond donors (Lipinski definition) is 2. The predicted octanol–water partition coefficient (Wildman–Crippen LogP) is 3.06. The van der Waals surface area contributed by atoms with Crippen LogP contribution in [0.5, 0.6) is 0 Å². The van der Waals surface area contributed by atoms with Crippen LogP contribution in [-0.4, -0.2) is 59.6 Å². The number of alkyl halides is 3. The Morgan fingerprint density at radius 1 is 1.06 bits per heavy atom. The predicted molar refractivity (Wildman–Crippen MR) is 123 cm³/mol. The van der Waals surface area contributed by atoms with E-state index in [0.29, 0.717) is 50.6 Å². The average Bonchev–Trinajstić information content (AvgIpc) is 3.24. The van der Waals surface area contributed by atoms with Crippen LogP contribution in [0.1, 0.15) is 11.1 Å². The molecule has 184 valence electrons. The van der Waals surface area contributed by atoms with Gasteiger partial charge in [0.2, 0.25) is 10.0 Å². The highest BCUT2D eigenvalue weighted by molar-refractivity contribution is 7.92. The summed E-state index contributed by atoms with van der Waals surface area (Å²) in [5, 5.41) is 4.54. The molecular weight excluding hydrogens is 473 g/mol. The van der Waals surface area contributed by atoms with E-state index >= 15 is 0 Å². The lowest BCUT2D eigenvalue weighted by molar-refractivity contribution is -0.136. The third kappa shape index (κ3) is 5.39. The summed E-state index contributed by atoms with van der Waals surface area (Å²) in [6.45, 7) is 1.87. The number of urea groups is 1. The average molecular weight is 499 g/mol. The number of halogens is 3. The van der Waals surface area contributed by atoms with Crippen molar-refractivity contribution in [3.8, 4) is 0 Å². The number of benzene rings is 2. The van der Waals surface area contributed by atoms with Gasteiger partial charge in [0.25, 0.3) is 0 Å². The largest absolute Gasteiger partial charge is 0.418 e. The molecule has 4 rings (SSSR count). The number of para-hydroxylation sites is 1. The van der Waals surface area contributed by atoms with Crippen LogP contribution in [0.15, 0.2) is 42.5 Å². The molecule has 2 aromatic rings. The van der Waals surface area contributed by atoms with Crippen molar-refractivity contribution in [3.05, 3.63) is 53.6 Å². The summed E-state index contributed by atoms with van der Waals surface area (Å²) in [4.78, 5) is 14.0. The van der Waals surface area contributed by atoms with Crippen molar-refractivity contribution in [3.63, 3.8) is 0 Å². The summed E-state index contributed by atoms with van der Waals surface area (Å²) in [5.41, 5.74) is 0.545. The molecule has 2 aromatic carbocycles. The van der Waals surface area contributed by atoms with Crippen molar-refractivity contribution >= 4 is 33.1 Å². The maximum atomic E-state index is 13.6. The number of rotatable bonds is 6. The second kappa shape index (κ2) is 9.71. The summed E-state index contributed by atoms with van der Waals surface area (Å²) >= 11 is 0. The molecule has 0 radical (unpaired) electrons. The van der Waals surface area contributed by atoms with Crippen LogP contribution < -0.4 is 19.8 Å². The molecular formula is C22H25F3N4O4S. The highest BCUT2D eigenvalue weighted by atomic mass is 32.2. The molecule has 0 aliphatic carbocycles. The minimum Gasteiger partial charge on any atom is -0.378 e. The van der Waals surface area contributed by atoms with Crippen LogP contribution >= 0.6 is 0 Å². The Bertz CT molecular complexity index is 1150. The first-order chi connectivity index (χ1) is 16.1. The normalized spacial score (nSPS) is 16.3. The van der Waals surface area contributed by atoms with Crippen LogP contribution in [-0.2, 0) is 27.4 Å². The number of fused-ring (bicyclic) bond motifs is 1. The molecule has 1 fully saturated rings. The number of sulfonamides is 1. The van der Waals surface area contributed by atoms with E-state index in [1.165, 1.54) is 16.4 Å². The molecule has 0 unspecified atom stereocenters. The van der Waals surface area contributed by atoms with Gasteiger partial charge in [0.1, 0.15) is 0 Å². The molecule has 2 aliphatic rings. The lowest BCUT2D eigenvalue weighted by Crippen LogP contribution is -2.38. The Kier molecular flexibility index (Phi) is 6.89. The summed E-state index contributed by atoms with van der Waals surface area (Å²) in [6.07, 6.45) is -4.08. The zero-order valence-corrected chi connectivity index (χ0v) is 19.1. The number of ether oxygens (including phenoxy) is 1. The Morgan fingerprint density at radius 3 is 2.53 bits per heavy atom. The lowest BCUT2D eigenvalue weighted by atomic mass is 10.1. The van der Waals surface area contributed by atoms with Gasteiger partial charge >= 0.3 is 12.2 Å². The second-order valence-corrected chi connectivity index (χ2v) is 9.99. The Hall–Kier alpha value is -2.99. The van der Waals surface area contributed by atoms with E-state index in [9.17, 15) is 26.4 Å². The molecule has 34 heavy (non-hydrogen) atoms. The van der Waals surface area contributed by atoms with E-state index < -0.39 is 33.5 Å². The van der Waals surface area contributed by atoms with Crippen LogP contribution in [0.3, 0.4) is 0 Å². The monoisotopic (exact) mass is 498 g/mol. The van der Waals surface area contributed by atoms with Crippen molar-refractivity contribution in [1.82, 2.24) is 5.32 Å². The van der Waals surface area contributed by atoms with Gasteiger partial charge in [0, 0.05) is 31.9 Å². The SMILES string of the molecule is O=C(NCCS(=O)(=O)N1CCc2ccccc21)Nc1ccc(N2CCOCC2)cc1C(F)(F)F. The molecule has 8 nitrogen and oxygen atoms in total. The van der Waals surface area contributed by atoms with Crippen molar-refractivity contribution in [2.24, 2.45) is 0 Å². The van der Waals surface area contributed by atoms with Gasteiger partial charge in [-0.3, -0.25) is 4.31 Å². The quantitative estimate of drug-likeness (QED) is 0.639. The van der Waals surface area contributed by atoms with Crippen LogP contribution in [0.4, 0.5) is 35.0 Å². The number of carbonyl (C=O) groups is 1. The van der Waals surface area contributed by atoms with E-state index in [4.69, 9.17) is 4.74 Å². The highest BCUT2D eigenvalue weighted by Gasteiger charge is 2.35. The van der Waals surface area contributed by atoms with Crippen molar-refractivity contribution < 1.29 is 31.1 Å². The van der Waals surface area contributed by atoms with Gasteiger partial charge in [-0.1, -0.05) is 18.2 Å². The lowest BCUT2D eigenvalue weighted by Gasteiger charge is -2.29. The molecule has 1 saturated heterocycles. The molecule has 12 heteroatoms. The van der Waals surface area contributed by atoms with Gasteiger partial charge in [-0.25, -0.2) is 13.2 Å². The zero-order valence-electron chi connectivity index (χ0n) is 18.3. The first kappa shape index (κ1) is 24.1. The van der Waals surface area contributed by atoms with Gasteiger partial charge in [-0.05, 0) is 36.2 Å². The van der Waals surface area contributed by atoms with E-state index in [1.54, 1.807) is 17.0 Å². The van der Waals surface area contributed by atoms with E-state index in [1.807, 2.05) is 12.1 Å². The van der Waals surface area contributed by atoms with Gasteiger partial charge < -0.3 is 20.3 Å². The molecule has 0 atom stereocenters. The molecule has 0 bridgehead atoms. The maximum absolute atomic E-state index is 13.6. The number of nitrogens with one attached hydrogen (secondary N) is 2. The second-order valence-electron chi connectivity index (χ2n) is 7.97. The standard InChI is InChI=1S/C22H25F3N4O4S/c23-22(24,25)18-15-17(28-10-12-33-13-11-28)5-6-19(18)27-21(30)26-8-14-34(31,32)29-9-7-16-3-1-2-4-20(16)29/h1-6,15H,7-14H2,(H2,26,27,30). The molecule has 2 heterocycles. The first-order valence-electron chi connectivity index (χ1n) is 10.8. The van der Waals surface area contributed by atoms with Crippen molar-refractivity contribution in [2.75, 3.05) is 59.7 Å². The number of hydrogen-bond acceptors (Lipinski definition) is 5. The number of anilines is 3. The minimum absolute atomic E-state index is 0.250. The van der Waals surface area contributed by atoms with E-state index in [0.717, 1.165) is 11.6 Å². The fourth-order valence-electron chi connectivity index (χ4n) is 4.06. The molecule has 2 aliphatic heterocycles. The molecule has 2 N–H and O–H groups in total. The molecule has 0 saturated carbocycles. The Balaban J connectivity index is 1.38. The summed E-state index contributed by atoms with van der Waals surface area (Å²) in [6, 6.07) is 9.96. The Labute approximate surface area is 195 Å². The molecule has 0 aromatic heterocycles. The van der Waals surface area contributed by atoms with Crippen LogP contribution in [0.25, 0.3) is 0 Å².